The first-order chi connectivity index (χ1) is 12.9. The van der Waals surface area contributed by atoms with Crippen molar-refractivity contribution in [1.29, 1.82) is 0 Å². The summed E-state index contributed by atoms with van der Waals surface area (Å²) in [6, 6.07) is 13.8. The molecule has 1 atom stereocenters. The molecule has 0 saturated heterocycles. The zero-order valence-electron chi connectivity index (χ0n) is 17.0. The third-order valence-corrected chi connectivity index (χ3v) is 4.63. The van der Waals surface area contributed by atoms with Crippen LogP contribution in [0.1, 0.15) is 22.0 Å². The van der Waals surface area contributed by atoms with Gasteiger partial charge in [-0.1, -0.05) is 12.1 Å². The van der Waals surface area contributed by atoms with E-state index in [0.717, 1.165) is 5.69 Å². The number of anilines is 1. The van der Waals surface area contributed by atoms with E-state index in [4.69, 9.17) is 9.47 Å². The van der Waals surface area contributed by atoms with Gasteiger partial charge < -0.3 is 24.6 Å². The van der Waals surface area contributed by atoms with Gasteiger partial charge in [0.1, 0.15) is 17.5 Å². The molecular formula is C21H30N3O3+. The maximum absolute atomic E-state index is 12.7. The SMILES string of the molecule is COc1ccc(C(=O)NC[C@@H](c2ccc(N(C)C)cc2)[NH+](C)C)c(OC)c1. The molecule has 2 N–H and O–H groups in total. The minimum Gasteiger partial charge on any atom is -0.497 e. The van der Waals surface area contributed by atoms with Crippen LogP contribution in [0.2, 0.25) is 0 Å². The number of likely N-dealkylation sites (N-methyl/N-ethyl adjacent to an activating group) is 1. The monoisotopic (exact) mass is 372 g/mol. The van der Waals surface area contributed by atoms with Crippen LogP contribution in [-0.4, -0.2) is 54.9 Å². The van der Waals surface area contributed by atoms with E-state index in [-0.39, 0.29) is 11.9 Å². The summed E-state index contributed by atoms with van der Waals surface area (Å²) in [5.74, 6) is 0.988. The number of ether oxygens (including phenoxy) is 2. The second kappa shape index (κ2) is 9.28. The van der Waals surface area contributed by atoms with Crippen LogP contribution in [0.25, 0.3) is 0 Å². The fourth-order valence-electron chi connectivity index (χ4n) is 2.94. The quantitative estimate of drug-likeness (QED) is 0.735. The standard InChI is InChI=1S/C21H29N3O3/c1-23(2)16-9-7-15(8-10-16)19(24(3)4)14-22-21(25)18-12-11-17(26-5)13-20(18)27-6/h7-13,19H,14H2,1-6H3,(H,22,25)/p+1/t19-/m0/s1. The van der Waals surface area contributed by atoms with Crippen LogP contribution in [0.4, 0.5) is 5.69 Å². The lowest BCUT2D eigenvalue weighted by molar-refractivity contribution is -0.890. The van der Waals surface area contributed by atoms with E-state index in [2.05, 4.69) is 48.6 Å². The predicted octanol–water partition coefficient (Wildman–Crippen LogP) is 1.39. The molecule has 2 aromatic rings. The maximum atomic E-state index is 12.7. The minimum atomic E-state index is -0.161. The molecule has 0 aliphatic heterocycles. The first-order valence-electron chi connectivity index (χ1n) is 8.95. The largest absolute Gasteiger partial charge is 0.497 e. The first-order valence-corrected chi connectivity index (χ1v) is 8.95. The molecule has 0 saturated carbocycles. The number of nitrogens with one attached hydrogen (secondary N) is 2. The molecule has 0 heterocycles. The van der Waals surface area contributed by atoms with Gasteiger partial charge in [-0.25, -0.2) is 0 Å². The van der Waals surface area contributed by atoms with Gasteiger partial charge in [-0.05, 0) is 24.3 Å². The van der Waals surface area contributed by atoms with Crippen molar-refractivity contribution in [3.05, 3.63) is 53.6 Å². The van der Waals surface area contributed by atoms with E-state index in [9.17, 15) is 4.79 Å². The summed E-state index contributed by atoms with van der Waals surface area (Å²) in [5, 5.41) is 3.04. The fourth-order valence-corrected chi connectivity index (χ4v) is 2.94. The number of quaternary nitrogens is 1. The van der Waals surface area contributed by atoms with Crippen molar-refractivity contribution in [3.63, 3.8) is 0 Å². The zero-order chi connectivity index (χ0) is 20.0. The van der Waals surface area contributed by atoms with Gasteiger partial charge in [-0.15, -0.1) is 0 Å². The van der Waals surface area contributed by atoms with Crippen molar-refractivity contribution in [2.75, 3.05) is 53.9 Å². The molecule has 27 heavy (non-hydrogen) atoms. The van der Waals surface area contributed by atoms with Crippen molar-refractivity contribution < 1.29 is 19.2 Å². The second-order valence-corrected chi connectivity index (χ2v) is 6.89. The molecule has 1 amide bonds. The molecule has 0 spiro atoms. The van der Waals surface area contributed by atoms with Crippen molar-refractivity contribution in [1.82, 2.24) is 5.32 Å². The Bertz CT molecular complexity index is 758. The summed E-state index contributed by atoms with van der Waals surface area (Å²) >= 11 is 0. The fraction of sp³-hybridized carbons (Fsp3) is 0.381. The Balaban J connectivity index is 2.13. The highest BCUT2D eigenvalue weighted by molar-refractivity contribution is 5.97. The number of carbonyl (C=O) groups is 1. The van der Waals surface area contributed by atoms with Gasteiger partial charge in [0.15, 0.2) is 0 Å². The summed E-state index contributed by atoms with van der Waals surface area (Å²) < 4.78 is 10.5. The summed E-state index contributed by atoms with van der Waals surface area (Å²) in [6.45, 7) is 0.525. The number of rotatable bonds is 8. The summed E-state index contributed by atoms with van der Waals surface area (Å²) in [7, 11) is 11.3. The van der Waals surface area contributed by atoms with E-state index in [1.54, 1.807) is 32.4 Å². The van der Waals surface area contributed by atoms with Crippen molar-refractivity contribution >= 4 is 11.6 Å². The zero-order valence-corrected chi connectivity index (χ0v) is 17.0. The van der Waals surface area contributed by atoms with Crippen LogP contribution in [0.5, 0.6) is 11.5 Å². The molecular weight excluding hydrogens is 342 g/mol. The van der Waals surface area contributed by atoms with Crippen molar-refractivity contribution in [2.24, 2.45) is 0 Å². The van der Waals surface area contributed by atoms with Crippen LogP contribution in [0.3, 0.4) is 0 Å². The Morgan fingerprint density at radius 3 is 2.26 bits per heavy atom. The highest BCUT2D eigenvalue weighted by atomic mass is 16.5. The number of hydrogen-bond acceptors (Lipinski definition) is 4. The number of nitrogens with zero attached hydrogens (tertiary/aromatic N) is 1. The molecule has 0 radical (unpaired) electrons. The lowest BCUT2D eigenvalue weighted by atomic mass is 10.0. The molecule has 0 aromatic heterocycles. The Kier molecular flexibility index (Phi) is 7.07. The summed E-state index contributed by atoms with van der Waals surface area (Å²) in [6.07, 6.45) is 0. The molecule has 0 fully saturated rings. The lowest BCUT2D eigenvalue weighted by Gasteiger charge is -2.23. The molecule has 2 rings (SSSR count). The molecule has 2 aromatic carbocycles. The Morgan fingerprint density at radius 2 is 1.74 bits per heavy atom. The molecule has 0 bridgehead atoms. The molecule has 0 aliphatic carbocycles. The maximum Gasteiger partial charge on any atom is 0.255 e. The number of carbonyl (C=O) groups excluding carboxylic acids is 1. The molecule has 6 heteroatoms. The predicted molar refractivity (Wildman–Crippen MR) is 108 cm³/mol. The van der Waals surface area contributed by atoms with Gasteiger partial charge in [0.05, 0.1) is 40.4 Å². The average molecular weight is 372 g/mol. The normalized spacial score (nSPS) is 11.8. The van der Waals surface area contributed by atoms with Gasteiger partial charge in [0.25, 0.3) is 5.91 Å². The molecule has 0 unspecified atom stereocenters. The van der Waals surface area contributed by atoms with Crippen LogP contribution < -0.4 is 24.6 Å². The molecule has 6 nitrogen and oxygen atoms in total. The second-order valence-electron chi connectivity index (χ2n) is 6.89. The third kappa shape index (κ3) is 5.14. The third-order valence-electron chi connectivity index (χ3n) is 4.63. The van der Waals surface area contributed by atoms with Crippen LogP contribution in [0, 0.1) is 0 Å². The van der Waals surface area contributed by atoms with E-state index in [1.807, 2.05) is 14.1 Å². The van der Waals surface area contributed by atoms with E-state index >= 15 is 0 Å². The number of benzene rings is 2. The lowest BCUT2D eigenvalue weighted by Crippen LogP contribution is -3.07. The van der Waals surface area contributed by atoms with Crippen molar-refractivity contribution in [2.45, 2.75) is 6.04 Å². The first kappa shape index (κ1) is 20.6. The van der Waals surface area contributed by atoms with Gasteiger partial charge in [0, 0.05) is 31.4 Å². The molecule has 0 aliphatic rings. The van der Waals surface area contributed by atoms with Crippen LogP contribution in [-0.2, 0) is 0 Å². The summed E-state index contributed by atoms with van der Waals surface area (Å²) in [5.41, 5.74) is 2.83. The van der Waals surface area contributed by atoms with Crippen LogP contribution >= 0.6 is 0 Å². The Morgan fingerprint density at radius 1 is 1.07 bits per heavy atom. The van der Waals surface area contributed by atoms with E-state index < -0.39 is 0 Å². The van der Waals surface area contributed by atoms with E-state index in [0.29, 0.717) is 23.6 Å². The number of hydrogen-bond donors (Lipinski definition) is 2. The van der Waals surface area contributed by atoms with Gasteiger partial charge in [-0.2, -0.15) is 0 Å². The Hall–Kier alpha value is -2.73. The van der Waals surface area contributed by atoms with Gasteiger partial charge in [-0.3, -0.25) is 4.79 Å². The number of amides is 1. The molecule has 146 valence electrons. The minimum absolute atomic E-state index is 0.148. The van der Waals surface area contributed by atoms with E-state index in [1.165, 1.54) is 10.5 Å². The van der Waals surface area contributed by atoms with Gasteiger partial charge in [0.2, 0.25) is 0 Å². The topological polar surface area (TPSA) is 55.2 Å². The van der Waals surface area contributed by atoms with Gasteiger partial charge >= 0.3 is 0 Å². The summed E-state index contributed by atoms with van der Waals surface area (Å²) in [4.78, 5) is 16.0. The highest BCUT2D eigenvalue weighted by Crippen LogP contribution is 2.24. The smallest absolute Gasteiger partial charge is 0.255 e. The number of methoxy groups -OCH3 is 2. The van der Waals surface area contributed by atoms with Crippen molar-refractivity contribution in [3.8, 4) is 11.5 Å². The Labute approximate surface area is 161 Å². The van der Waals surface area contributed by atoms with Crippen LogP contribution in [0.15, 0.2) is 42.5 Å². The average Bonchev–Trinajstić information content (AvgIpc) is 2.67. The highest BCUT2D eigenvalue weighted by Gasteiger charge is 2.21.